The third-order valence-corrected chi connectivity index (χ3v) is 3.15. The number of para-hydroxylation sites is 1. The van der Waals surface area contributed by atoms with Crippen molar-refractivity contribution in [3.05, 3.63) is 52.1 Å². The van der Waals surface area contributed by atoms with Crippen molar-refractivity contribution < 1.29 is 9.53 Å². The van der Waals surface area contributed by atoms with E-state index in [-0.39, 0.29) is 15.8 Å². The average molecular weight is 311 g/mol. The van der Waals surface area contributed by atoms with Gasteiger partial charge in [-0.2, -0.15) is 0 Å². The first-order valence-electron chi connectivity index (χ1n) is 5.78. The molecule has 0 atom stereocenters. The molecular formula is C14H12Cl2N2O2. The van der Waals surface area contributed by atoms with Crippen molar-refractivity contribution in [2.75, 3.05) is 19.0 Å². The molecule has 0 saturated carbocycles. The third-order valence-electron chi connectivity index (χ3n) is 2.56. The summed E-state index contributed by atoms with van der Waals surface area (Å²) in [6.45, 7) is 0. The second kappa shape index (κ2) is 6.11. The molecule has 0 radical (unpaired) electrons. The van der Waals surface area contributed by atoms with Gasteiger partial charge in [0, 0.05) is 20.3 Å². The van der Waals surface area contributed by atoms with Gasteiger partial charge in [-0.05, 0) is 24.3 Å². The molecule has 20 heavy (non-hydrogen) atoms. The maximum absolute atomic E-state index is 12.0. The van der Waals surface area contributed by atoms with Crippen molar-refractivity contribution in [3.63, 3.8) is 0 Å². The molecule has 0 unspecified atom stereocenters. The van der Waals surface area contributed by atoms with Crippen LogP contribution in [0.1, 0.15) is 10.4 Å². The third kappa shape index (κ3) is 3.21. The maximum atomic E-state index is 12.0. The normalized spacial score (nSPS) is 10.2. The molecule has 0 bridgehead atoms. The molecule has 0 aliphatic carbocycles. The highest BCUT2D eigenvalue weighted by Gasteiger charge is 2.14. The van der Waals surface area contributed by atoms with E-state index in [1.165, 1.54) is 6.20 Å². The minimum absolute atomic E-state index is 0.150. The predicted molar refractivity (Wildman–Crippen MR) is 80.0 cm³/mol. The summed E-state index contributed by atoms with van der Waals surface area (Å²) in [6.07, 6.45) is 1.45. The van der Waals surface area contributed by atoms with E-state index in [9.17, 15) is 4.79 Å². The summed E-state index contributed by atoms with van der Waals surface area (Å²) >= 11 is 11.9. The number of hydrogen-bond acceptors (Lipinski definition) is 4. The number of pyridine rings is 1. The number of rotatable bonds is 3. The van der Waals surface area contributed by atoms with E-state index >= 15 is 0 Å². The number of ether oxygens (including phenoxy) is 1. The van der Waals surface area contributed by atoms with E-state index in [0.717, 1.165) is 5.82 Å². The summed E-state index contributed by atoms with van der Waals surface area (Å²) in [5.74, 6) is 0.340. The lowest BCUT2D eigenvalue weighted by molar-refractivity contribution is 0.0734. The Labute approximate surface area is 126 Å². The average Bonchev–Trinajstić information content (AvgIpc) is 2.43. The van der Waals surface area contributed by atoms with E-state index in [4.69, 9.17) is 27.9 Å². The van der Waals surface area contributed by atoms with Gasteiger partial charge in [-0.15, -0.1) is 0 Å². The lowest BCUT2D eigenvalue weighted by Gasteiger charge is -2.11. The van der Waals surface area contributed by atoms with Crippen LogP contribution in [0.2, 0.25) is 10.0 Å². The zero-order chi connectivity index (χ0) is 14.7. The van der Waals surface area contributed by atoms with E-state index in [2.05, 4.69) is 4.98 Å². The fraction of sp³-hybridized carbons (Fsp3) is 0.143. The highest BCUT2D eigenvalue weighted by molar-refractivity contribution is 6.37. The Hall–Kier alpha value is -1.78. The molecule has 0 aliphatic heterocycles. The van der Waals surface area contributed by atoms with Gasteiger partial charge in [0.15, 0.2) is 5.75 Å². The Morgan fingerprint density at radius 3 is 2.30 bits per heavy atom. The molecule has 104 valence electrons. The Kier molecular flexibility index (Phi) is 4.47. The van der Waals surface area contributed by atoms with Crippen LogP contribution in [0.3, 0.4) is 0 Å². The number of carbonyl (C=O) groups is 1. The van der Waals surface area contributed by atoms with Gasteiger partial charge in [-0.3, -0.25) is 0 Å². The standard InChI is InChI=1S/C14H12Cl2N2O2/c1-18(2)12-7-6-9(8-17-12)14(19)20-13-10(15)4-3-5-11(13)16/h3-8H,1-2H3. The summed E-state index contributed by atoms with van der Waals surface area (Å²) in [6, 6.07) is 8.24. The Morgan fingerprint density at radius 2 is 1.80 bits per heavy atom. The number of anilines is 1. The monoisotopic (exact) mass is 310 g/mol. The lowest BCUT2D eigenvalue weighted by Crippen LogP contribution is -2.13. The van der Waals surface area contributed by atoms with Crippen LogP contribution in [0, 0.1) is 0 Å². The quantitative estimate of drug-likeness (QED) is 0.641. The maximum Gasteiger partial charge on any atom is 0.345 e. The van der Waals surface area contributed by atoms with Crippen molar-refractivity contribution in [1.82, 2.24) is 4.98 Å². The molecule has 6 heteroatoms. The summed E-state index contributed by atoms with van der Waals surface area (Å²) in [5, 5.41) is 0.562. The van der Waals surface area contributed by atoms with Gasteiger partial charge in [0.1, 0.15) is 5.82 Å². The van der Waals surface area contributed by atoms with E-state index in [1.807, 2.05) is 19.0 Å². The highest BCUT2D eigenvalue weighted by Crippen LogP contribution is 2.32. The van der Waals surface area contributed by atoms with Crippen molar-refractivity contribution in [3.8, 4) is 5.75 Å². The van der Waals surface area contributed by atoms with Gasteiger partial charge in [-0.1, -0.05) is 29.3 Å². The summed E-state index contributed by atoms with van der Waals surface area (Å²) in [7, 11) is 3.73. The SMILES string of the molecule is CN(C)c1ccc(C(=O)Oc2c(Cl)cccc2Cl)cn1. The first kappa shape index (κ1) is 14.6. The van der Waals surface area contributed by atoms with Crippen molar-refractivity contribution in [2.45, 2.75) is 0 Å². The fourth-order valence-corrected chi connectivity index (χ4v) is 1.98. The summed E-state index contributed by atoms with van der Waals surface area (Å²) in [4.78, 5) is 18.0. The first-order valence-corrected chi connectivity index (χ1v) is 6.54. The fourth-order valence-electron chi connectivity index (χ4n) is 1.50. The molecule has 0 spiro atoms. The minimum Gasteiger partial charge on any atom is -0.420 e. The number of nitrogens with zero attached hydrogens (tertiary/aromatic N) is 2. The van der Waals surface area contributed by atoms with Gasteiger partial charge in [0.2, 0.25) is 0 Å². The van der Waals surface area contributed by atoms with Crippen LogP contribution < -0.4 is 9.64 Å². The van der Waals surface area contributed by atoms with Crippen LogP contribution in [-0.2, 0) is 0 Å². The number of aromatic nitrogens is 1. The molecule has 2 aromatic rings. The topological polar surface area (TPSA) is 42.4 Å². The largest absolute Gasteiger partial charge is 0.420 e. The van der Waals surface area contributed by atoms with Gasteiger partial charge in [0.05, 0.1) is 15.6 Å². The van der Waals surface area contributed by atoms with Crippen LogP contribution >= 0.6 is 23.2 Å². The molecule has 0 saturated heterocycles. The minimum atomic E-state index is -0.558. The van der Waals surface area contributed by atoms with Gasteiger partial charge < -0.3 is 9.64 Å². The van der Waals surface area contributed by atoms with Gasteiger partial charge in [-0.25, -0.2) is 9.78 Å². The van der Waals surface area contributed by atoms with Crippen molar-refractivity contribution in [1.29, 1.82) is 0 Å². The second-order valence-corrected chi connectivity index (χ2v) is 5.05. The van der Waals surface area contributed by atoms with Crippen LogP contribution in [0.4, 0.5) is 5.82 Å². The number of hydrogen-bond donors (Lipinski definition) is 0. The second-order valence-electron chi connectivity index (χ2n) is 4.24. The molecule has 0 fully saturated rings. The molecule has 0 amide bonds. The van der Waals surface area contributed by atoms with Crippen LogP contribution in [-0.4, -0.2) is 25.0 Å². The summed E-state index contributed by atoms with van der Waals surface area (Å²) in [5.41, 5.74) is 0.326. The van der Waals surface area contributed by atoms with E-state index in [0.29, 0.717) is 5.56 Å². The molecule has 2 rings (SSSR count). The van der Waals surface area contributed by atoms with Crippen molar-refractivity contribution >= 4 is 35.0 Å². The first-order chi connectivity index (χ1) is 9.49. The zero-order valence-electron chi connectivity index (χ0n) is 10.9. The predicted octanol–water partition coefficient (Wildman–Crippen LogP) is 3.67. The number of benzene rings is 1. The van der Waals surface area contributed by atoms with Gasteiger partial charge >= 0.3 is 5.97 Å². The molecule has 4 nitrogen and oxygen atoms in total. The molecule has 1 aromatic carbocycles. The molecular weight excluding hydrogens is 299 g/mol. The van der Waals surface area contributed by atoms with Crippen LogP contribution in [0.15, 0.2) is 36.5 Å². The lowest BCUT2D eigenvalue weighted by atomic mass is 10.3. The molecule has 0 aliphatic rings. The van der Waals surface area contributed by atoms with Crippen LogP contribution in [0.5, 0.6) is 5.75 Å². The Bertz CT molecular complexity index is 607. The highest BCUT2D eigenvalue weighted by atomic mass is 35.5. The smallest absolute Gasteiger partial charge is 0.345 e. The summed E-state index contributed by atoms with van der Waals surface area (Å²) < 4.78 is 5.21. The van der Waals surface area contributed by atoms with E-state index in [1.54, 1.807) is 30.3 Å². The van der Waals surface area contributed by atoms with E-state index < -0.39 is 5.97 Å². The van der Waals surface area contributed by atoms with Crippen LogP contribution in [0.25, 0.3) is 0 Å². The number of esters is 1. The number of carbonyl (C=O) groups excluding carboxylic acids is 1. The molecule has 1 aromatic heterocycles. The molecule has 1 heterocycles. The Balaban J connectivity index is 2.20. The molecule has 0 N–H and O–H groups in total. The number of halogens is 2. The Morgan fingerprint density at radius 1 is 1.15 bits per heavy atom. The zero-order valence-corrected chi connectivity index (χ0v) is 12.4. The van der Waals surface area contributed by atoms with Crippen molar-refractivity contribution in [2.24, 2.45) is 0 Å². The van der Waals surface area contributed by atoms with Gasteiger partial charge in [0.25, 0.3) is 0 Å².